The van der Waals surface area contributed by atoms with Crippen molar-refractivity contribution in [3.63, 3.8) is 0 Å². The zero-order valence-electron chi connectivity index (χ0n) is 13.9. The molecule has 0 unspecified atom stereocenters. The highest BCUT2D eigenvalue weighted by atomic mass is 35.5. The molecule has 1 aromatic carbocycles. The fraction of sp³-hybridized carbons (Fsp3) is 0.700. The molecule has 2 aliphatic carbocycles. The maximum Gasteiger partial charge on any atom is 0.145 e. The van der Waals surface area contributed by atoms with E-state index in [0.29, 0.717) is 10.9 Å². The minimum absolute atomic E-state index is 0.170. The van der Waals surface area contributed by atoms with Gasteiger partial charge in [-0.3, -0.25) is 0 Å². The van der Waals surface area contributed by atoms with Crippen molar-refractivity contribution in [2.45, 2.75) is 71.1 Å². The first kappa shape index (κ1) is 16.3. The number of halogens is 2. The van der Waals surface area contributed by atoms with Gasteiger partial charge in [-0.1, -0.05) is 43.5 Å². The van der Waals surface area contributed by atoms with Crippen LogP contribution in [0.15, 0.2) is 12.1 Å². The van der Waals surface area contributed by atoms with Crippen molar-refractivity contribution >= 4 is 11.6 Å². The van der Waals surface area contributed by atoms with Gasteiger partial charge < -0.3 is 0 Å². The van der Waals surface area contributed by atoms with E-state index >= 15 is 0 Å². The van der Waals surface area contributed by atoms with Crippen LogP contribution in [-0.4, -0.2) is 0 Å². The molecule has 0 spiro atoms. The van der Waals surface area contributed by atoms with Crippen LogP contribution in [0, 0.1) is 30.5 Å². The number of aryl methyl sites for hydroxylation is 1. The normalized spacial score (nSPS) is 32.9. The van der Waals surface area contributed by atoms with E-state index in [1.165, 1.54) is 38.5 Å². The van der Waals surface area contributed by atoms with Gasteiger partial charge >= 0.3 is 0 Å². The summed E-state index contributed by atoms with van der Waals surface area (Å²) in [4.78, 5) is 0. The second-order valence-corrected chi connectivity index (χ2v) is 8.11. The highest BCUT2D eigenvalue weighted by molar-refractivity contribution is 6.31. The van der Waals surface area contributed by atoms with E-state index in [0.717, 1.165) is 41.7 Å². The summed E-state index contributed by atoms with van der Waals surface area (Å²) in [5.41, 5.74) is 1.69. The van der Waals surface area contributed by atoms with E-state index in [1.54, 1.807) is 0 Å². The smallest absolute Gasteiger partial charge is 0.145 e. The maximum atomic E-state index is 14.4. The SMILES string of the molecule is Cc1ccc(C2CCC(C3CCC(C)CC3)CC2)c(F)c1Cl. The molecule has 0 radical (unpaired) electrons. The van der Waals surface area contributed by atoms with E-state index in [-0.39, 0.29) is 5.82 Å². The fourth-order valence-electron chi connectivity index (χ4n) is 4.64. The molecule has 0 bridgehead atoms. The van der Waals surface area contributed by atoms with Crippen LogP contribution in [0.2, 0.25) is 5.02 Å². The van der Waals surface area contributed by atoms with Crippen molar-refractivity contribution in [1.29, 1.82) is 0 Å². The van der Waals surface area contributed by atoms with E-state index in [1.807, 2.05) is 19.1 Å². The minimum Gasteiger partial charge on any atom is -0.205 e. The Morgan fingerprint density at radius 2 is 1.45 bits per heavy atom. The van der Waals surface area contributed by atoms with Gasteiger partial charge in [0.05, 0.1) is 5.02 Å². The van der Waals surface area contributed by atoms with E-state index in [9.17, 15) is 4.39 Å². The zero-order chi connectivity index (χ0) is 15.7. The van der Waals surface area contributed by atoms with Gasteiger partial charge in [0, 0.05) is 0 Å². The highest BCUT2D eigenvalue weighted by Gasteiger charge is 2.31. The van der Waals surface area contributed by atoms with Crippen LogP contribution >= 0.6 is 11.6 Å². The predicted octanol–water partition coefficient (Wildman–Crippen LogP) is 6.89. The van der Waals surface area contributed by atoms with Crippen LogP contribution < -0.4 is 0 Å². The molecule has 0 heterocycles. The molecule has 2 fully saturated rings. The molecule has 0 aliphatic heterocycles. The number of hydrogen-bond acceptors (Lipinski definition) is 0. The number of benzene rings is 1. The first-order valence-corrected chi connectivity index (χ1v) is 9.38. The molecular formula is C20H28ClF. The molecule has 0 amide bonds. The first-order valence-electron chi connectivity index (χ1n) is 9.00. The summed E-state index contributed by atoms with van der Waals surface area (Å²) in [7, 11) is 0. The Morgan fingerprint density at radius 3 is 2.05 bits per heavy atom. The fourth-order valence-corrected chi connectivity index (χ4v) is 4.81. The Hall–Kier alpha value is -0.560. The third-order valence-electron chi connectivity index (χ3n) is 6.24. The van der Waals surface area contributed by atoms with Crippen LogP contribution in [0.3, 0.4) is 0 Å². The van der Waals surface area contributed by atoms with Gasteiger partial charge in [0.2, 0.25) is 0 Å². The molecule has 0 N–H and O–H groups in total. The summed E-state index contributed by atoms with van der Waals surface area (Å²) in [5.74, 6) is 2.95. The molecule has 2 aliphatic rings. The Labute approximate surface area is 139 Å². The Kier molecular flexibility index (Phi) is 5.12. The Bertz CT molecular complexity index is 509. The van der Waals surface area contributed by atoms with E-state index < -0.39 is 0 Å². The van der Waals surface area contributed by atoms with E-state index in [2.05, 4.69) is 6.92 Å². The van der Waals surface area contributed by atoms with Gasteiger partial charge in [0.25, 0.3) is 0 Å². The van der Waals surface area contributed by atoms with Gasteiger partial charge in [0.1, 0.15) is 5.82 Å². The standard InChI is InChI=1S/C20H28ClF/c1-13-3-6-15(7-4-13)16-8-10-17(11-9-16)18-12-5-14(2)19(21)20(18)22/h5,12-13,15-17H,3-4,6-11H2,1-2H3. The topological polar surface area (TPSA) is 0 Å². The second kappa shape index (κ2) is 6.91. The average Bonchev–Trinajstić information content (AvgIpc) is 2.54. The molecule has 22 heavy (non-hydrogen) atoms. The minimum atomic E-state index is -0.170. The molecule has 0 atom stereocenters. The Morgan fingerprint density at radius 1 is 0.909 bits per heavy atom. The van der Waals surface area contributed by atoms with Crippen LogP contribution in [-0.2, 0) is 0 Å². The highest BCUT2D eigenvalue weighted by Crippen LogP contribution is 2.44. The van der Waals surface area contributed by atoms with Gasteiger partial charge in [-0.2, -0.15) is 0 Å². The average molecular weight is 323 g/mol. The lowest BCUT2D eigenvalue weighted by Crippen LogP contribution is -2.25. The summed E-state index contributed by atoms with van der Waals surface area (Å²) in [6, 6.07) is 3.93. The monoisotopic (exact) mass is 322 g/mol. The molecule has 0 nitrogen and oxygen atoms in total. The molecular weight excluding hydrogens is 295 g/mol. The largest absolute Gasteiger partial charge is 0.205 e. The lowest BCUT2D eigenvalue weighted by Gasteiger charge is -2.37. The summed E-state index contributed by atoms with van der Waals surface area (Å²) >= 11 is 6.09. The van der Waals surface area contributed by atoms with Crippen molar-refractivity contribution < 1.29 is 4.39 Å². The van der Waals surface area contributed by atoms with Crippen molar-refractivity contribution in [3.8, 4) is 0 Å². The maximum absolute atomic E-state index is 14.4. The van der Waals surface area contributed by atoms with Crippen LogP contribution in [0.1, 0.15) is 75.3 Å². The lowest BCUT2D eigenvalue weighted by atomic mass is 9.68. The van der Waals surface area contributed by atoms with Crippen molar-refractivity contribution in [1.82, 2.24) is 0 Å². The van der Waals surface area contributed by atoms with E-state index in [4.69, 9.17) is 11.6 Å². The molecule has 2 heteroatoms. The summed E-state index contributed by atoms with van der Waals surface area (Å²) in [6.07, 6.45) is 10.5. The third-order valence-corrected chi connectivity index (χ3v) is 6.71. The first-order chi connectivity index (χ1) is 10.6. The summed E-state index contributed by atoms with van der Waals surface area (Å²) < 4.78 is 14.4. The van der Waals surface area contributed by atoms with Crippen LogP contribution in [0.5, 0.6) is 0 Å². The Balaban J connectivity index is 1.61. The van der Waals surface area contributed by atoms with Crippen molar-refractivity contribution in [2.24, 2.45) is 17.8 Å². The van der Waals surface area contributed by atoms with Gasteiger partial charge in [0.15, 0.2) is 0 Å². The molecule has 3 rings (SSSR count). The number of rotatable bonds is 2. The van der Waals surface area contributed by atoms with Crippen molar-refractivity contribution in [2.75, 3.05) is 0 Å². The lowest BCUT2D eigenvalue weighted by molar-refractivity contribution is 0.164. The number of hydrogen-bond donors (Lipinski definition) is 0. The third kappa shape index (κ3) is 3.35. The van der Waals surface area contributed by atoms with Crippen LogP contribution in [0.4, 0.5) is 4.39 Å². The predicted molar refractivity (Wildman–Crippen MR) is 92.0 cm³/mol. The molecule has 122 valence electrons. The van der Waals surface area contributed by atoms with Gasteiger partial charge in [-0.15, -0.1) is 0 Å². The van der Waals surface area contributed by atoms with Gasteiger partial charge in [-0.05, 0) is 80.2 Å². The quantitative estimate of drug-likeness (QED) is 0.556. The zero-order valence-corrected chi connectivity index (χ0v) is 14.6. The molecule has 2 saturated carbocycles. The molecule has 1 aromatic rings. The van der Waals surface area contributed by atoms with Crippen LogP contribution in [0.25, 0.3) is 0 Å². The van der Waals surface area contributed by atoms with Crippen molar-refractivity contribution in [3.05, 3.63) is 34.1 Å². The molecule has 0 saturated heterocycles. The second-order valence-electron chi connectivity index (χ2n) is 7.73. The van der Waals surface area contributed by atoms with Gasteiger partial charge in [-0.25, -0.2) is 4.39 Å². The summed E-state index contributed by atoms with van der Waals surface area (Å²) in [6.45, 7) is 4.26. The molecule has 0 aromatic heterocycles. The summed E-state index contributed by atoms with van der Waals surface area (Å²) in [5, 5.41) is 0.320.